The van der Waals surface area contributed by atoms with Gasteiger partial charge in [0.1, 0.15) is 11.6 Å². The van der Waals surface area contributed by atoms with Gasteiger partial charge in [0.15, 0.2) is 5.92 Å². The summed E-state index contributed by atoms with van der Waals surface area (Å²) in [4.78, 5) is 11.8. The SMILES string of the molecule is CCC(C)(c1ccc(F)cc1OC)C(C#N)C(=O)OC. The van der Waals surface area contributed by atoms with Crippen LogP contribution in [-0.4, -0.2) is 20.2 Å². The fourth-order valence-corrected chi connectivity index (χ4v) is 2.26. The van der Waals surface area contributed by atoms with Crippen LogP contribution in [0.2, 0.25) is 0 Å². The molecule has 0 spiro atoms. The van der Waals surface area contributed by atoms with Crippen molar-refractivity contribution in [2.45, 2.75) is 25.7 Å². The molecule has 0 fully saturated rings. The van der Waals surface area contributed by atoms with Crippen LogP contribution in [-0.2, 0) is 14.9 Å². The molecule has 0 aliphatic heterocycles. The van der Waals surface area contributed by atoms with Gasteiger partial charge in [-0.05, 0) is 12.5 Å². The van der Waals surface area contributed by atoms with E-state index in [-0.39, 0.29) is 0 Å². The van der Waals surface area contributed by atoms with Gasteiger partial charge in [0, 0.05) is 17.0 Å². The van der Waals surface area contributed by atoms with Crippen LogP contribution in [0.5, 0.6) is 5.75 Å². The molecule has 0 aromatic heterocycles. The highest BCUT2D eigenvalue weighted by atomic mass is 19.1. The maximum absolute atomic E-state index is 13.3. The number of nitriles is 1. The van der Waals surface area contributed by atoms with E-state index in [1.807, 2.05) is 13.0 Å². The molecule has 2 atom stereocenters. The molecule has 1 aromatic carbocycles. The van der Waals surface area contributed by atoms with E-state index < -0.39 is 23.1 Å². The molecule has 0 saturated heterocycles. The normalized spacial score (nSPS) is 14.8. The third kappa shape index (κ3) is 2.74. The minimum absolute atomic E-state index is 0.318. The lowest BCUT2D eigenvalue weighted by Crippen LogP contribution is -2.37. The van der Waals surface area contributed by atoms with E-state index in [0.717, 1.165) is 0 Å². The Balaban J connectivity index is 3.43. The van der Waals surface area contributed by atoms with Crippen LogP contribution >= 0.6 is 0 Å². The zero-order chi connectivity index (χ0) is 15.3. The maximum Gasteiger partial charge on any atom is 0.323 e. The van der Waals surface area contributed by atoms with Crippen molar-refractivity contribution in [1.82, 2.24) is 0 Å². The zero-order valence-corrected chi connectivity index (χ0v) is 12.1. The van der Waals surface area contributed by atoms with Crippen LogP contribution in [0.15, 0.2) is 18.2 Å². The number of methoxy groups -OCH3 is 2. The number of rotatable bonds is 5. The molecule has 1 rings (SSSR count). The second kappa shape index (κ2) is 6.38. The number of esters is 1. The number of halogens is 1. The molecule has 2 unspecified atom stereocenters. The van der Waals surface area contributed by atoms with Gasteiger partial charge in [0.2, 0.25) is 0 Å². The summed E-state index contributed by atoms with van der Waals surface area (Å²) in [6.45, 7) is 3.63. The summed E-state index contributed by atoms with van der Waals surface area (Å²) in [5, 5.41) is 9.31. The zero-order valence-electron chi connectivity index (χ0n) is 12.1. The average molecular weight is 279 g/mol. The van der Waals surface area contributed by atoms with Gasteiger partial charge in [-0.1, -0.05) is 19.9 Å². The lowest BCUT2D eigenvalue weighted by atomic mass is 9.70. The van der Waals surface area contributed by atoms with Crippen molar-refractivity contribution in [3.8, 4) is 11.8 Å². The topological polar surface area (TPSA) is 59.3 Å². The van der Waals surface area contributed by atoms with E-state index in [9.17, 15) is 14.4 Å². The molecule has 20 heavy (non-hydrogen) atoms. The summed E-state index contributed by atoms with van der Waals surface area (Å²) in [5.41, 5.74) is -0.207. The Morgan fingerprint density at radius 2 is 2.15 bits per heavy atom. The van der Waals surface area contributed by atoms with Gasteiger partial charge < -0.3 is 9.47 Å². The summed E-state index contributed by atoms with van der Waals surface area (Å²) in [6.07, 6.45) is 0.502. The number of nitrogens with zero attached hydrogens (tertiary/aromatic N) is 1. The predicted molar refractivity (Wildman–Crippen MR) is 71.7 cm³/mol. The molecule has 0 heterocycles. The van der Waals surface area contributed by atoms with Gasteiger partial charge in [-0.3, -0.25) is 4.79 Å². The minimum Gasteiger partial charge on any atom is -0.496 e. The largest absolute Gasteiger partial charge is 0.496 e. The highest BCUT2D eigenvalue weighted by Gasteiger charge is 2.42. The van der Waals surface area contributed by atoms with Gasteiger partial charge >= 0.3 is 5.97 Å². The second-order valence-corrected chi connectivity index (χ2v) is 4.70. The van der Waals surface area contributed by atoms with Crippen LogP contribution in [0.4, 0.5) is 4.39 Å². The fourth-order valence-electron chi connectivity index (χ4n) is 2.26. The minimum atomic E-state index is -0.989. The third-order valence-electron chi connectivity index (χ3n) is 3.72. The first-order valence-corrected chi connectivity index (χ1v) is 6.26. The molecule has 0 aliphatic rings. The van der Waals surface area contributed by atoms with E-state index in [4.69, 9.17) is 9.47 Å². The quantitative estimate of drug-likeness (QED) is 0.778. The van der Waals surface area contributed by atoms with Crippen molar-refractivity contribution < 1.29 is 18.7 Å². The molecule has 0 saturated carbocycles. The van der Waals surface area contributed by atoms with Gasteiger partial charge in [0.05, 0.1) is 20.3 Å². The monoisotopic (exact) mass is 279 g/mol. The summed E-state index contributed by atoms with van der Waals surface area (Å²) in [6, 6.07) is 6.07. The second-order valence-electron chi connectivity index (χ2n) is 4.70. The predicted octanol–water partition coefficient (Wildman–Crippen LogP) is 2.81. The van der Waals surface area contributed by atoms with E-state index in [1.165, 1.54) is 26.4 Å². The summed E-state index contributed by atoms with van der Waals surface area (Å²) < 4.78 is 23.2. The average Bonchev–Trinajstić information content (AvgIpc) is 2.46. The molecular formula is C15H18FNO3. The molecule has 0 bridgehead atoms. The maximum atomic E-state index is 13.3. The highest BCUT2D eigenvalue weighted by Crippen LogP contribution is 2.41. The molecule has 0 radical (unpaired) electrons. The van der Waals surface area contributed by atoms with E-state index >= 15 is 0 Å². The van der Waals surface area contributed by atoms with Crippen molar-refractivity contribution in [3.63, 3.8) is 0 Å². The summed E-state index contributed by atoms with van der Waals surface area (Å²) >= 11 is 0. The van der Waals surface area contributed by atoms with Gasteiger partial charge in [0.25, 0.3) is 0 Å². The van der Waals surface area contributed by atoms with Crippen LogP contribution in [0.3, 0.4) is 0 Å². The molecule has 1 aromatic rings. The van der Waals surface area contributed by atoms with Gasteiger partial charge in [-0.25, -0.2) is 4.39 Å². The lowest BCUT2D eigenvalue weighted by Gasteiger charge is -2.33. The van der Waals surface area contributed by atoms with Crippen LogP contribution < -0.4 is 4.74 Å². The molecule has 108 valence electrons. The van der Waals surface area contributed by atoms with Crippen molar-refractivity contribution in [1.29, 1.82) is 5.26 Å². The molecular weight excluding hydrogens is 261 g/mol. The van der Waals surface area contributed by atoms with E-state index in [1.54, 1.807) is 13.0 Å². The Labute approximate surface area is 118 Å². The number of carbonyl (C=O) groups excluding carboxylic acids is 1. The Hall–Kier alpha value is -2.09. The van der Waals surface area contributed by atoms with Crippen molar-refractivity contribution in [2.75, 3.05) is 14.2 Å². The first kappa shape index (κ1) is 16.0. The van der Waals surface area contributed by atoms with Crippen molar-refractivity contribution >= 4 is 5.97 Å². The van der Waals surface area contributed by atoms with Crippen molar-refractivity contribution in [3.05, 3.63) is 29.6 Å². The molecule has 5 heteroatoms. The third-order valence-corrected chi connectivity index (χ3v) is 3.72. The highest BCUT2D eigenvalue weighted by molar-refractivity contribution is 5.77. The number of hydrogen-bond donors (Lipinski definition) is 0. The Kier molecular flexibility index (Phi) is 5.09. The number of hydrogen-bond acceptors (Lipinski definition) is 4. The lowest BCUT2D eigenvalue weighted by molar-refractivity contribution is -0.145. The molecule has 0 amide bonds. The van der Waals surface area contributed by atoms with Crippen LogP contribution in [0.25, 0.3) is 0 Å². The summed E-state index contributed by atoms with van der Waals surface area (Å²) in [5.74, 6) is -1.71. The Bertz CT molecular complexity index is 538. The smallest absolute Gasteiger partial charge is 0.323 e. The van der Waals surface area contributed by atoms with E-state index in [0.29, 0.717) is 17.7 Å². The Morgan fingerprint density at radius 3 is 2.60 bits per heavy atom. The molecule has 4 nitrogen and oxygen atoms in total. The van der Waals surface area contributed by atoms with Crippen molar-refractivity contribution in [2.24, 2.45) is 5.92 Å². The number of ether oxygens (including phenoxy) is 2. The summed E-state index contributed by atoms with van der Waals surface area (Å²) in [7, 11) is 2.67. The molecule has 0 N–H and O–H groups in total. The fraction of sp³-hybridized carbons (Fsp3) is 0.467. The standard InChI is InChI=1S/C15H18FNO3/c1-5-15(2,12(9-17)14(18)20-4)11-7-6-10(16)8-13(11)19-3/h6-8,12H,5H2,1-4H3. The van der Waals surface area contributed by atoms with Gasteiger partial charge in [-0.15, -0.1) is 0 Å². The van der Waals surface area contributed by atoms with Gasteiger partial charge in [-0.2, -0.15) is 5.26 Å². The van der Waals surface area contributed by atoms with E-state index in [2.05, 4.69) is 0 Å². The number of carbonyl (C=O) groups is 1. The number of benzene rings is 1. The van der Waals surface area contributed by atoms with Crippen LogP contribution in [0.1, 0.15) is 25.8 Å². The Morgan fingerprint density at radius 1 is 1.50 bits per heavy atom. The first-order chi connectivity index (χ1) is 9.44. The van der Waals surface area contributed by atoms with Crippen LogP contribution in [0, 0.1) is 23.1 Å². The first-order valence-electron chi connectivity index (χ1n) is 6.26. The molecule has 0 aliphatic carbocycles.